The summed E-state index contributed by atoms with van der Waals surface area (Å²) in [5, 5.41) is 12.5. The van der Waals surface area contributed by atoms with Crippen LogP contribution in [0, 0.1) is 6.92 Å². The fraction of sp³-hybridized carbons (Fsp3) is 0.136. The van der Waals surface area contributed by atoms with Crippen LogP contribution in [0.3, 0.4) is 0 Å². The summed E-state index contributed by atoms with van der Waals surface area (Å²) in [6.07, 6.45) is 0. The van der Waals surface area contributed by atoms with Gasteiger partial charge in [0.2, 0.25) is 5.78 Å². The number of nitrogens with zero attached hydrogens (tertiary/aromatic N) is 5. The normalized spacial score (nSPS) is 10.7. The fourth-order valence-corrected chi connectivity index (χ4v) is 3.09. The summed E-state index contributed by atoms with van der Waals surface area (Å²) in [5.41, 5.74) is 2.47. The van der Waals surface area contributed by atoms with Crippen LogP contribution < -0.4 is 0 Å². The molecule has 0 fully saturated rings. The summed E-state index contributed by atoms with van der Waals surface area (Å²) in [5.74, 6) is -0.979. The standard InChI is InChI=1S/C22H19N5O3/c1-3-30-22(29)18-14-19(27(24-18)17-12-8-5-9-13-17)21(28)20-15(2)26(25-23-20)16-10-6-4-7-11-16/h4-14H,3H2,1-2H3. The number of carbonyl (C=O) groups excluding carboxylic acids is 2. The lowest BCUT2D eigenvalue weighted by Crippen LogP contribution is -2.12. The number of hydrogen-bond acceptors (Lipinski definition) is 6. The molecule has 30 heavy (non-hydrogen) atoms. The molecule has 0 saturated heterocycles. The third-order valence-corrected chi connectivity index (χ3v) is 4.54. The molecule has 0 aliphatic carbocycles. The average Bonchev–Trinajstić information content (AvgIpc) is 3.39. The van der Waals surface area contributed by atoms with Gasteiger partial charge in [-0.25, -0.2) is 14.2 Å². The molecule has 8 heteroatoms. The minimum atomic E-state index is -0.592. The Hall–Kier alpha value is -4.07. The number of benzene rings is 2. The SMILES string of the molecule is CCOC(=O)c1cc(C(=O)c2nnn(-c3ccccc3)c2C)n(-c2ccccc2)n1. The van der Waals surface area contributed by atoms with Gasteiger partial charge in [0, 0.05) is 6.07 Å². The van der Waals surface area contributed by atoms with Crippen molar-refractivity contribution in [1.29, 1.82) is 0 Å². The second kappa shape index (κ2) is 8.12. The van der Waals surface area contributed by atoms with Crippen molar-refractivity contribution in [2.75, 3.05) is 6.61 Å². The number of ether oxygens (including phenoxy) is 1. The van der Waals surface area contributed by atoms with E-state index >= 15 is 0 Å². The molecule has 4 rings (SSSR count). The Kier molecular flexibility index (Phi) is 5.21. The van der Waals surface area contributed by atoms with E-state index in [1.807, 2.05) is 48.5 Å². The molecule has 0 radical (unpaired) electrons. The van der Waals surface area contributed by atoms with Gasteiger partial charge in [-0.3, -0.25) is 4.79 Å². The molecule has 0 saturated carbocycles. The monoisotopic (exact) mass is 401 g/mol. The minimum Gasteiger partial charge on any atom is -0.461 e. The molecule has 4 aromatic rings. The van der Waals surface area contributed by atoms with Gasteiger partial charge in [0.05, 0.1) is 23.7 Å². The quantitative estimate of drug-likeness (QED) is 0.364. The fourth-order valence-electron chi connectivity index (χ4n) is 3.09. The van der Waals surface area contributed by atoms with Crippen LogP contribution in [0.25, 0.3) is 11.4 Å². The lowest BCUT2D eigenvalue weighted by molar-refractivity contribution is 0.0519. The van der Waals surface area contributed by atoms with Crippen molar-refractivity contribution < 1.29 is 14.3 Å². The first-order valence-corrected chi connectivity index (χ1v) is 9.45. The predicted molar refractivity (Wildman–Crippen MR) is 109 cm³/mol. The molecular formula is C22H19N5O3. The van der Waals surface area contributed by atoms with E-state index in [1.54, 1.807) is 30.7 Å². The number of esters is 1. The van der Waals surface area contributed by atoms with E-state index in [2.05, 4.69) is 15.4 Å². The summed E-state index contributed by atoms with van der Waals surface area (Å²) >= 11 is 0. The summed E-state index contributed by atoms with van der Waals surface area (Å²) in [4.78, 5) is 25.6. The Balaban J connectivity index is 1.79. The van der Waals surface area contributed by atoms with Gasteiger partial charge in [0.1, 0.15) is 5.69 Å². The highest BCUT2D eigenvalue weighted by Gasteiger charge is 2.26. The second-order valence-electron chi connectivity index (χ2n) is 6.48. The number of carbonyl (C=O) groups is 2. The zero-order valence-corrected chi connectivity index (χ0v) is 16.5. The van der Waals surface area contributed by atoms with Crippen LogP contribution in [0.1, 0.15) is 39.3 Å². The Bertz CT molecular complexity index is 1200. The van der Waals surface area contributed by atoms with E-state index in [0.29, 0.717) is 11.4 Å². The van der Waals surface area contributed by atoms with Crippen molar-refractivity contribution in [1.82, 2.24) is 24.8 Å². The number of hydrogen-bond donors (Lipinski definition) is 0. The van der Waals surface area contributed by atoms with E-state index in [0.717, 1.165) is 5.69 Å². The highest BCUT2D eigenvalue weighted by molar-refractivity contribution is 6.08. The van der Waals surface area contributed by atoms with Crippen LogP contribution in [0.2, 0.25) is 0 Å². The molecule has 2 heterocycles. The highest BCUT2D eigenvalue weighted by Crippen LogP contribution is 2.19. The lowest BCUT2D eigenvalue weighted by Gasteiger charge is -2.06. The molecule has 0 spiro atoms. The van der Waals surface area contributed by atoms with Crippen molar-refractivity contribution in [3.63, 3.8) is 0 Å². The van der Waals surface area contributed by atoms with Gasteiger partial charge in [-0.05, 0) is 38.1 Å². The summed E-state index contributed by atoms with van der Waals surface area (Å²) in [7, 11) is 0. The first-order valence-electron chi connectivity index (χ1n) is 9.45. The Labute approximate surface area is 172 Å². The van der Waals surface area contributed by atoms with E-state index in [9.17, 15) is 9.59 Å². The largest absolute Gasteiger partial charge is 0.461 e. The van der Waals surface area contributed by atoms with Crippen molar-refractivity contribution in [3.05, 3.63) is 89.5 Å². The first-order chi connectivity index (χ1) is 14.6. The molecule has 0 N–H and O–H groups in total. The summed E-state index contributed by atoms with van der Waals surface area (Å²) in [6.45, 7) is 3.70. The third-order valence-electron chi connectivity index (χ3n) is 4.54. The van der Waals surface area contributed by atoms with E-state index in [1.165, 1.54) is 10.7 Å². The number of para-hydroxylation sites is 2. The number of ketones is 1. The van der Waals surface area contributed by atoms with Crippen molar-refractivity contribution in [2.24, 2.45) is 0 Å². The summed E-state index contributed by atoms with van der Waals surface area (Å²) < 4.78 is 8.07. The smallest absolute Gasteiger partial charge is 0.358 e. The van der Waals surface area contributed by atoms with Crippen LogP contribution in [-0.2, 0) is 4.74 Å². The zero-order valence-electron chi connectivity index (χ0n) is 16.5. The van der Waals surface area contributed by atoms with Gasteiger partial charge < -0.3 is 4.74 Å². The van der Waals surface area contributed by atoms with Crippen molar-refractivity contribution >= 4 is 11.8 Å². The van der Waals surface area contributed by atoms with Crippen LogP contribution in [0.5, 0.6) is 0 Å². The maximum absolute atomic E-state index is 13.4. The van der Waals surface area contributed by atoms with Crippen LogP contribution in [0.15, 0.2) is 66.7 Å². The van der Waals surface area contributed by atoms with Gasteiger partial charge in [0.15, 0.2) is 11.4 Å². The molecule has 0 unspecified atom stereocenters. The molecule has 8 nitrogen and oxygen atoms in total. The van der Waals surface area contributed by atoms with Crippen LogP contribution >= 0.6 is 0 Å². The van der Waals surface area contributed by atoms with Gasteiger partial charge in [-0.15, -0.1) is 5.10 Å². The third kappa shape index (κ3) is 3.50. The van der Waals surface area contributed by atoms with E-state index in [-0.39, 0.29) is 29.5 Å². The van der Waals surface area contributed by atoms with Gasteiger partial charge in [-0.1, -0.05) is 41.6 Å². The van der Waals surface area contributed by atoms with Crippen molar-refractivity contribution in [3.8, 4) is 11.4 Å². The first kappa shape index (κ1) is 19.3. The lowest BCUT2D eigenvalue weighted by atomic mass is 10.1. The van der Waals surface area contributed by atoms with E-state index in [4.69, 9.17) is 4.74 Å². The Morgan fingerprint density at radius 3 is 2.13 bits per heavy atom. The Morgan fingerprint density at radius 1 is 0.933 bits per heavy atom. The number of rotatable bonds is 6. The highest BCUT2D eigenvalue weighted by atomic mass is 16.5. The van der Waals surface area contributed by atoms with Crippen molar-refractivity contribution in [2.45, 2.75) is 13.8 Å². The molecule has 0 aliphatic rings. The molecule has 0 bridgehead atoms. The molecule has 0 aliphatic heterocycles. The molecular weight excluding hydrogens is 382 g/mol. The maximum atomic E-state index is 13.4. The molecule has 2 aromatic heterocycles. The molecule has 0 amide bonds. The number of aromatic nitrogens is 5. The van der Waals surface area contributed by atoms with Crippen LogP contribution in [-0.4, -0.2) is 43.1 Å². The molecule has 0 atom stereocenters. The molecule has 2 aromatic carbocycles. The Morgan fingerprint density at radius 2 is 1.53 bits per heavy atom. The average molecular weight is 401 g/mol. The topological polar surface area (TPSA) is 91.9 Å². The maximum Gasteiger partial charge on any atom is 0.358 e. The van der Waals surface area contributed by atoms with Gasteiger partial charge in [-0.2, -0.15) is 5.10 Å². The molecule has 150 valence electrons. The zero-order chi connectivity index (χ0) is 21.1. The van der Waals surface area contributed by atoms with Gasteiger partial charge in [0.25, 0.3) is 0 Å². The van der Waals surface area contributed by atoms with Gasteiger partial charge >= 0.3 is 5.97 Å². The van der Waals surface area contributed by atoms with E-state index < -0.39 is 5.97 Å². The second-order valence-corrected chi connectivity index (χ2v) is 6.48. The van der Waals surface area contributed by atoms with Crippen LogP contribution in [0.4, 0.5) is 0 Å². The summed E-state index contributed by atoms with van der Waals surface area (Å²) in [6, 6.07) is 20.0. The minimum absolute atomic E-state index is 0.0529. The predicted octanol–water partition coefficient (Wildman–Crippen LogP) is 3.17.